The number of nitrogens with zero attached hydrogens (tertiary/aromatic N) is 2. The lowest BCUT2D eigenvalue weighted by Gasteiger charge is -2.31. The lowest BCUT2D eigenvalue weighted by Crippen LogP contribution is -2.38. The fraction of sp³-hybridized carbons (Fsp3) is 0.636. The van der Waals surface area contributed by atoms with Gasteiger partial charge in [-0.2, -0.15) is 10.6 Å². The van der Waals surface area contributed by atoms with Gasteiger partial charge < -0.3 is 10.5 Å². The summed E-state index contributed by atoms with van der Waals surface area (Å²) in [6.45, 7) is 4.98. The second-order valence-corrected chi connectivity index (χ2v) is 8.18. The maximum Gasteiger partial charge on any atom is 0.317 e. The van der Waals surface area contributed by atoms with Crippen molar-refractivity contribution in [3.05, 3.63) is 35.4 Å². The van der Waals surface area contributed by atoms with Gasteiger partial charge in [0.25, 0.3) is 0 Å². The number of benzene rings is 1. The number of rotatable bonds is 10. The summed E-state index contributed by atoms with van der Waals surface area (Å²) in [4.78, 5) is 18.7. The van der Waals surface area contributed by atoms with E-state index in [-0.39, 0.29) is 18.7 Å². The summed E-state index contributed by atoms with van der Waals surface area (Å²) < 4.78 is 0. The van der Waals surface area contributed by atoms with Crippen LogP contribution in [0.25, 0.3) is 0 Å². The largest absolute Gasteiger partial charge is 0.480 e. The highest BCUT2D eigenvalue weighted by molar-refractivity contribution is 5.79. The molecule has 7 heteroatoms. The van der Waals surface area contributed by atoms with Gasteiger partial charge in [0.05, 0.1) is 24.9 Å². The Balaban J connectivity index is 1.40. The van der Waals surface area contributed by atoms with Gasteiger partial charge in [-0.15, -0.1) is 0 Å². The van der Waals surface area contributed by atoms with Crippen molar-refractivity contribution in [3.8, 4) is 0 Å². The summed E-state index contributed by atoms with van der Waals surface area (Å²) in [5, 5.41) is 13.2. The van der Waals surface area contributed by atoms with Gasteiger partial charge in [0.15, 0.2) is 0 Å². The minimum Gasteiger partial charge on any atom is -0.480 e. The molecule has 2 saturated heterocycles. The van der Waals surface area contributed by atoms with E-state index in [1.807, 2.05) is 11.1 Å². The number of carbonyl (C=O) groups is 1. The molecular formula is C22H34N4O3. The first-order chi connectivity index (χ1) is 14.1. The van der Waals surface area contributed by atoms with Crippen LogP contribution in [0.1, 0.15) is 62.6 Å². The van der Waals surface area contributed by atoms with Crippen LogP contribution in [0.2, 0.25) is 0 Å². The maximum absolute atomic E-state index is 10.8. The average molecular weight is 403 g/mol. The fourth-order valence-corrected chi connectivity index (χ4v) is 4.08. The quantitative estimate of drug-likeness (QED) is 0.317. The third-order valence-electron chi connectivity index (χ3n) is 5.82. The Bertz CT molecular complexity index is 657. The lowest BCUT2D eigenvalue weighted by atomic mass is 9.89. The summed E-state index contributed by atoms with van der Waals surface area (Å²) >= 11 is 0. The Kier molecular flexibility index (Phi) is 8.46. The molecule has 0 radical (unpaired) electrons. The second kappa shape index (κ2) is 11.3. The van der Waals surface area contributed by atoms with Crippen LogP contribution >= 0.6 is 0 Å². The zero-order chi connectivity index (χ0) is 20.5. The molecule has 0 aliphatic carbocycles. The number of unbranched alkanes of at least 4 members (excludes halogenated alkanes) is 1. The molecule has 7 nitrogen and oxygen atoms in total. The molecule has 2 fully saturated rings. The Labute approximate surface area is 173 Å². The molecule has 0 spiro atoms. The van der Waals surface area contributed by atoms with Crippen molar-refractivity contribution in [1.29, 1.82) is 0 Å². The van der Waals surface area contributed by atoms with Crippen LogP contribution in [0.5, 0.6) is 0 Å². The first-order valence-corrected chi connectivity index (χ1v) is 10.8. The molecule has 2 unspecified atom stereocenters. The van der Waals surface area contributed by atoms with Crippen molar-refractivity contribution < 1.29 is 14.7 Å². The van der Waals surface area contributed by atoms with Crippen molar-refractivity contribution in [2.24, 2.45) is 11.0 Å². The number of nitrogens with one attached hydrogen (secondary N) is 2. The van der Waals surface area contributed by atoms with E-state index in [0.29, 0.717) is 5.92 Å². The topological polar surface area (TPSA) is 86.2 Å². The number of hydrogen-bond donors (Lipinski definition) is 3. The molecule has 29 heavy (non-hydrogen) atoms. The minimum atomic E-state index is -0.736. The van der Waals surface area contributed by atoms with Crippen LogP contribution in [-0.4, -0.2) is 54.5 Å². The summed E-state index contributed by atoms with van der Waals surface area (Å²) in [5.74, 6) is -0.121. The Morgan fingerprint density at radius 3 is 2.79 bits per heavy atom. The third kappa shape index (κ3) is 7.10. The van der Waals surface area contributed by atoms with E-state index in [0.717, 1.165) is 57.3 Å². The van der Waals surface area contributed by atoms with Gasteiger partial charge in [-0.25, -0.2) is 0 Å². The van der Waals surface area contributed by atoms with E-state index < -0.39 is 5.97 Å². The molecule has 2 aliphatic heterocycles. The Morgan fingerprint density at radius 2 is 2.10 bits per heavy atom. The molecule has 3 rings (SSSR count). The normalized spacial score (nSPS) is 23.6. The number of likely N-dealkylation sites (tertiary alicyclic amines) is 1. The van der Waals surface area contributed by atoms with Crippen molar-refractivity contribution in [2.45, 2.75) is 57.6 Å². The standard InChI is InChI=1S/C22H34N4O3/c1-2-3-10-23-24-15-18-4-6-19(7-5-18)21-14-20(29-25-21)13-17-8-11-26(12-9-17)16-22(27)28/h4-7,15,17,20-21,23,25H,2-3,8-14,16H2,1H3,(H,27,28). The highest BCUT2D eigenvalue weighted by atomic mass is 16.7. The van der Waals surface area contributed by atoms with Crippen LogP contribution in [0.4, 0.5) is 0 Å². The molecular weight excluding hydrogens is 368 g/mol. The second-order valence-electron chi connectivity index (χ2n) is 8.18. The molecule has 1 aromatic rings. The average Bonchev–Trinajstić information content (AvgIpc) is 3.18. The predicted octanol–water partition coefficient (Wildman–Crippen LogP) is 2.93. The molecule has 0 bridgehead atoms. The van der Waals surface area contributed by atoms with Crippen molar-refractivity contribution in [2.75, 3.05) is 26.2 Å². The molecule has 1 aromatic carbocycles. The van der Waals surface area contributed by atoms with Crippen LogP contribution in [0.15, 0.2) is 29.4 Å². The zero-order valence-corrected chi connectivity index (χ0v) is 17.3. The Morgan fingerprint density at radius 1 is 1.34 bits per heavy atom. The molecule has 2 heterocycles. The molecule has 0 aromatic heterocycles. The van der Waals surface area contributed by atoms with Crippen molar-refractivity contribution in [3.63, 3.8) is 0 Å². The summed E-state index contributed by atoms with van der Waals surface area (Å²) in [5.41, 5.74) is 8.59. The molecule has 2 aliphatic rings. The number of aliphatic carboxylic acids is 1. The van der Waals surface area contributed by atoms with Gasteiger partial charge in [0.2, 0.25) is 0 Å². The van der Waals surface area contributed by atoms with Gasteiger partial charge in [0, 0.05) is 6.54 Å². The number of piperidine rings is 1. The van der Waals surface area contributed by atoms with Gasteiger partial charge in [0.1, 0.15) is 0 Å². The van der Waals surface area contributed by atoms with Crippen LogP contribution in [0, 0.1) is 5.92 Å². The summed E-state index contributed by atoms with van der Waals surface area (Å²) in [6, 6.07) is 8.68. The monoisotopic (exact) mass is 402 g/mol. The number of carboxylic acids is 1. The van der Waals surface area contributed by atoms with Gasteiger partial charge >= 0.3 is 5.97 Å². The fourth-order valence-electron chi connectivity index (χ4n) is 4.08. The number of hydrogen-bond acceptors (Lipinski definition) is 6. The maximum atomic E-state index is 10.8. The molecule has 3 N–H and O–H groups in total. The van der Waals surface area contributed by atoms with Crippen molar-refractivity contribution >= 4 is 12.2 Å². The highest BCUT2D eigenvalue weighted by Crippen LogP contribution is 2.31. The SMILES string of the molecule is CCCCNN=Cc1ccc(C2CC(CC3CCN(CC(=O)O)CC3)ON2)cc1. The van der Waals surface area contributed by atoms with Crippen LogP contribution in [-0.2, 0) is 9.63 Å². The van der Waals surface area contributed by atoms with E-state index in [2.05, 4.69) is 47.2 Å². The smallest absolute Gasteiger partial charge is 0.317 e. The van der Waals surface area contributed by atoms with Crippen molar-refractivity contribution in [1.82, 2.24) is 15.8 Å². The number of carboxylic acid groups (broad SMARTS) is 1. The van der Waals surface area contributed by atoms with Gasteiger partial charge in [-0.3, -0.25) is 14.5 Å². The van der Waals surface area contributed by atoms with E-state index in [1.54, 1.807) is 0 Å². The third-order valence-corrected chi connectivity index (χ3v) is 5.82. The number of hydroxylamine groups is 1. The van der Waals surface area contributed by atoms with Crippen LogP contribution < -0.4 is 10.9 Å². The first-order valence-electron chi connectivity index (χ1n) is 10.8. The molecule has 160 valence electrons. The van der Waals surface area contributed by atoms with E-state index in [4.69, 9.17) is 9.94 Å². The van der Waals surface area contributed by atoms with E-state index in [1.165, 1.54) is 12.0 Å². The summed E-state index contributed by atoms with van der Waals surface area (Å²) in [6.07, 6.45) is 8.50. The van der Waals surface area contributed by atoms with Crippen LogP contribution in [0.3, 0.4) is 0 Å². The predicted molar refractivity (Wildman–Crippen MR) is 114 cm³/mol. The lowest BCUT2D eigenvalue weighted by molar-refractivity contribution is -0.138. The van der Waals surface area contributed by atoms with Gasteiger partial charge in [-0.1, -0.05) is 37.6 Å². The minimum absolute atomic E-state index is 0.159. The first kappa shape index (κ1) is 21.7. The molecule has 2 atom stereocenters. The number of hydrazone groups is 1. The summed E-state index contributed by atoms with van der Waals surface area (Å²) in [7, 11) is 0. The zero-order valence-electron chi connectivity index (χ0n) is 17.3. The highest BCUT2D eigenvalue weighted by Gasteiger charge is 2.30. The Hall–Kier alpha value is -1.96. The molecule has 0 saturated carbocycles. The van der Waals surface area contributed by atoms with Gasteiger partial charge in [-0.05, 0) is 62.2 Å². The molecule has 0 amide bonds. The van der Waals surface area contributed by atoms with E-state index >= 15 is 0 Å². The van der Waals surface area contributed by atoms with E-state index in [9.17, 15) is 4.79 Å².